The van der Waals surface area contributed by atoms with Crippen LogP contribution < -0.4 is 5.32 Å². The quantitative estimate of drug-likeness (QED) is 0.896. The van der Waals surface area contributed by atoms with Gasteiger partial charge < -0.3 is 5.32 Å². The van der Waals surface area contributed by atoms with Gasteiger partial charge in [0.25, 0.3) is 0 Å². The van der Waals surface area contributed by atoms with Crippen molar-refractivity contribution in [1.29, 1.82) is 0 Å². The van der Waals surface area contributed by atoms with E-state index in [9.17, 15) is 4.39 Å². The third kappa shape index (κ3) is 2.62. The first kappa shape index (κ1) is 13.2. The van der Waals surface area contributed by atoms with Crippen LogP contribution in [0.15, 0.2) is 46.9 Å². The van der Waals surface area contributed by atoms with E-state index in [1.165, 1.54) is 6.07 Å². The van der Waals surface area contributed by atoms with Crippen LogP contribution in [0.3, 0.4) is 0 Å². The van der Waals surface area contributed by atoms with Crippen LogP contribution in [0.4, 0.5) is 4.39 Å². The van der Waals surface area contributed by atoms with E-state index in [-0.39, 0.29) is 11.9 Å². The fourth-order valence-electron chi connectivity index (χ4n) is 2.15. The van der Waals surface area contributed by atoms with Gasteiger partial charge in [-0.05, 0) is 48.9 Å². The number of nitrogens with one attached hydrogen (secondary N) is 1. The summed E-state index contributed by atoms with van der Waals surface area (Å²) in [6, 6.07) is 13.0. The number of hydrogen-bond donors (Lipinski definition) is 1. The van der Waals surface area contributed by atoms with Crippen molar-refractivity contribution in [2.45, 2.75) is 13.0 Å². The molecule has 2 rings (SSSR count). The topological polar surface area (TPSA) is 12.0 Å². The largest absolute Gasteiger partial charge is 0.309 e. The van der Waals surface area contributed by atoms with Gasteiger partial charge in [0.2, 0.25) is 0 Å². The Labute approximate surface area is 115 Å². The molecule has 0 saturated carbocycles. The molecule has 18 heavy (non-hydrogen) atoms. The monoisotopic (exact) mass is 307 g/mol. The lowest BCUT2D eigenvalue weighted by molar-refractivity contribution is 0.621. The van der Waals surface area contributed by atoms with Crippen molar-refractivity contribution in [2.24, 2.45) is 0 Å². The fraction of sp³-hybridized carbons (Fsp3) is 0.200. The number of rotatable bonds is 3. The Bertz CT molecular complexity index is 554. The van der Waals surface area contributed by atoms with E-state index in [1.54, 1.807) is 6.07 Å². The maximum Gasteiger partial charge on any atom is 0.123 e. The zero-order valence-electron chi connectivity index (χ0n) is 10.4. The Kier molecular flexibility index (Phi) is 4.15. The van der Waals surface area contributed by atoms with E-state index < -0.39 is 0 Å². The van der Waals surface area contributed by atoms with Gasteiger partial charge in [0, 0.05) is 4.47 Å². The Morgan fingerprint density at radius 2 is 1.83 bits per heavy atom. The van der Waals surface area contributed by atoms with Gasteiger partial charge in [-0.2, -0.15) is 0 Å². The summed E-state index contributed by atoms with van der Waals surface area (Å²) in [6.07, 6.45) is 0. The van der Waals surface area contributed by atoms with E-state index in [0.717, 1.165) is 21.2 Å². The van der Waals surface area contributed by atoms with E-state index >= 15 is 0 Å². The minimum atomic E-state index is -0.196. The summed E-state index contributed by atoms with van der Waals surface area (Å²) in [6.45, 7) is 1.93. The van der Waals surface area contributed by atoms with Gasteiger partial charge in [0.1, 0.15) is 5.82 Å². The molecule has 3 heteroatoms. The van der Waals surface area contributed by atoms with Crippen LogP contribution in [-0.4, -0.2) is 7.05 Å². The maximum absolute atomic E-state index is 13.2. The van der Waals surface area contributed by atoms with Gasteiger partial charge in [0.15, 0.2) is 0 Å². The molecule has 0 radical (unpaired) electrons. The van der Waals surface area contributed by atoms with Gasteiger partial charge in [-0.1, -0.05) is 40.2 Å². The minimum absolute atomic E-state index is 0.0566. The molecule has 2 aromatic rings. The lowest BCUT2D eigenvalue weighted by Crippen LogP contribution is -2.19. The third-order valence-electron chi connectivity index (χ3n) is 3.05. The molecule has 94 valence electrons. The van der Waals surface area contributed by atoms with Crippen molar-refractivity contribution < 1.29 is 4.39 Å². The van der Waals surface area contributed by atoms with Gasteiger partial charge in [-0.3, -0.25) is 0 Å². The Morgan fingerprint density at radius 1 is 1.11 bits per heavy atom. The highest BCUT2D eigenvalue weighted by Gasteiger charge is 2.16. The zero-order valence-corrected chi connectivity index (χ0v) is 12.0. The third-order valence-corrected chi connectivity index (χ3v) is 3.77. The lowest BCUT2D eigenvalue weighted by atomic mass is 9.95. The number of hydrogen-bond acceptors (Lipinski definition) is 1. The number of benzene rings is 2. The first-order valence-corrected chi connectivity index (χ1v) is 6.60. The summed E-state index contributed by atoms with van der Waals surface area (Å²) < 4.78 is 14.2. The molecule has 0 amide bonds. The highest BCUT2D eigenvalue weighted by molar-refractivity contribution is 9.10. The van der Waals surface area contributed by atoms with Crippen molar-refractivity contribution in [2.75, 3.05) is 7.05 Å². The fourth-order valence-corrected chi connectivity index (χ4v) is 2.66. The van der Waals surface area contributed by atoms with E-state index in [1.807, 2.05) is 38.2 Å². The van der Waals surface area contributed by atoms with Crippen LogP contribution in [0.1, 0.15) is 22.7 Å². The molecule has 0 heterocycles. The molecule has 0 aliphatic heterocycles. The molecule has 2 aromatic carbocycles. The van der Waals surface area contributed by atoms with Crippen LogP contribution in [0, 0.1) is 12.7 Å². The minimum Gasteiger partial charge on any atom is -0.309 e. The first-order chi connectivity index (χ1) is 8.63. The molecule has 0 fully saturated rings. The van der Waals surface area contributed by atoms with Crippen LogP contribution in [-0.2, 0) is 0 Å². The predicted molar refractivity (Wildman–Crippen MR) is 76.2 cm³/mol. The Hall–Kier alpha value is -1.19. The normalized spacial score (nSPS) is 12.4. The molecule has 1 atom stereocenters. The SMILES string of the molecule is CNC(c1ccc(F)cc1C)c1ccccc1Br. The van der Waals surface area contributed by atoms with Gasteiger partial charge in [-0.25, -0.2) is 4.39 Å². The standard InChI is InChI=1S/C15H15BrFN/c1-10-9-11(17)7-8-12(10)15(18-2)13-5-3-4-6-14(13)16/h3-9,15,18H,1-2H3. The summed E-state index contributed by atoms with van der Waals surface area (Å²) in [4.78, 5) is 0. The molecule has 0 bridgehead atoms. The van der Waals surface area contributed by atoms with Crippen LogP contribution >= 0.6 is 15.9 Å². The number of aryl methyl sites for hydroxylation is 1. The van der Waals surface area contributed by atoms with Crippen molar-refractivity contribution in [1.82, 2.24) is 5.32 Å². The molecule has 1 N–H and O–H groups in total. The average molecular weight is 308 g/mol. The van der Waals surface area contributed by atoms with E-state index in [2.05, 4.69) is 27.3 Å². The highest BCUT2D eigenvalue weighted by Crippen LogP contribution is 2.30. The maximum atomic E-state index is 13.2. The van der Waals surface area contributed by atoms with Crippen molar-refractivity contribution >= 4 is 15.9 Å². The molecular formula is C15H15BrFN. The average Bonchev–Trinajstić information content (AvgIpc) is 2.34. The van der Waals surface area contributed by atoms with Crippen molar-refractivity contribution in [3.63, 3.8) is 0 Å². The Balaban J connectivity index is 2.49. The molecule has 0 saturated heterocycles. The second kappa shape index (κ2) is 5.63. The molecule has 1 unspecified atom stereocenters. The number of halogens is 2. The van der Waals surface area contributed by atoms with Crippen LogP contribution in [0.25, 0.3) is 0 Å². The van der Waals surface area contributed by atoms with E-state index in [0.29, 0.717) is 0 Å². The molecule has 0 aliphatic carbocycles. The molecule has 0 aromatic heterocycles. The summed E-state index contributed by atoms with van der Waals surface area (Å²) in [5, 5.41) is 3.28. The van der Waals surface area contributed by atoms with Crippen molar-refractivity contribution in [3.05, 3.63) is 69.4 Å². The summed E-state index contributed by atoms with van der Waals surface area (Å²) >= 11 is 3.56. The molecular weight excluding hydrogens is 293 g/mol. The lowest BCUT2D eigenvalue weighted by Gasteiger charge is -2.20. The highest BCUT2D eigenvalue weighted by atomic mass is 79.9. The molecule has 1 nitrogen and oxygen atoms in total. The van der Waals surface area contributed by atoms with Gasteiger partial charge >= 0.3 is 0 Å². The first-order valence-electron chi connectivity index (χ1n) is 5.81. The Morgan fingerprint density at radius 3 is 2.44 bits per heavy atom. The van der Waals surface area contributed by atoms with Crippen molar-refractivity contribution in [3.8, 4) is 0 Å². The molecule has 0 spiro atoms. The van der Waals surface area contributed by atoms with Gasteiger partial charge in [0.05, 0.1) is 6.04 Å². The second-order valence-electron chi connectivity index (χ2n) is 4.24. The van der Waals surface area contributed by atoms with Crippen LogP contribution in [0.2, 0.25) is 0 Å². The zero-order chi connectivity index (χ0) is 13.1. The molecule has 0 aliphatic rings. The van der Waals surface area contributed by atoms with Crippen LogP contribution in [0.5, 0.6) is 0 Å². The second-order valence-corrected chi connectivity index (χ2v) is 5.10. The summed E-state index contributed by atoms with van der Waals surface area (Å²) in [7, 11) is 1.91. The van der Waals surface area contributed by atoms with Gasteiger partial charge in [-0.15, -0.1) is 0 Å². The predicted octanol–water partition coefficient (Wildman–Crippen LogP) is 4.21. The van der Waals surface area contributed by atoms with E-state index in [4.69, 9.17) is 0 Å². The smallest absolute Gasteiger partial charge is 0.123 e. The summed E-state index contributed by atoms with van der Waals surface area (Å²) in [5.41, 5.74) is 3.19. The summed E-state index contributed by atoms with van der Waals surface area (Å²) in [5.74, 6) is -0.196.